The topological polar surface area (TPSA) is 77.6 Å². The molecule has 1 aliphatic heterocycles. The van der Waals surface area contributed by atoms with E-state index in [-0.39, 0.29) is 11.6 Å². The molecule has 2 heterocycles. The molecule has 0 atom stereocenters. The van der Waals surface area contributed by atoms with E-state index in [1.165, 1.54) is 11.6 Å². The van der Waals surface area contributed by atoms with Crippen LogP contribution in [0.25, 0.3) is 10.9 Å². The summed E-state index contributed by atoms with van der Waals surface area (Å²) in [6.07, 6.45) is 4.77. The third-order valence-corrected chi connectivity index (χ3v) is 5.56. The lowest BCUT2D eigenvalue weighted by molar-refractivity contribution is -0.384. The van der Waals surface area contributed by atoms with Gasteiger partial charge in [-0.2, -0.15) is 0 Å². The number of morpholine rings is 1. The number of nitro benzene ring substituents is 1. The Morgan fingerprint density at radius 2 is 1.83 bits per heavy atom. The van der Waals surface area contributed by atoms with Gasteiger partial charge in [0.05, 0.1) is 29.2 Å². The van der Waals surface area contributed by atoms with E-state index in [1.54, 1.807) is 17.0 Å². The van der Waals surface area contributed by atoms with Crippen molar-refractivity contribution in [3.63, 3.8) is 0 Å². The molecular weight excluding hydrogens is 382 g/mol. The van der Waals surface area contributed by atoms with Crippen LogP contribution in [0, 0.1) is 10.1 Å². The molecule has 0 spiro atoms. The third-order valence-electron chi connectivity index (χ3n) is 5.56. The maximum atomic E-state index is 13.1. The van der Waals surface area contributed by atoms with Gasteiger partial charge in [0, 0.05) is 43.4 Å². The number of aryl methyl sites for hydroxylation is 2. The molecule has 0 aliphatic carbocycles. The van der Waals surface area contributed by atoms with Crippen molar-refractivity contribution in [2.24, 2.45) is 0 Å². The molecule has 30 heavy (non-hydrogen) atoms. The summed E-state index contributed by atoms with van der Waals surface area (Å²) >= 11 is 0. The first-order valence-electron chi connectivity index (χ1n) is 10.3. The average molecular weight is 407 g/mol. The molecule has 4 rings (SSSR count). The lowest BCUT2D eigenvalue weighted by Gasteiger charge is -2.26. The highest BCUT2D eigenvalue weighted by Gasteiger charge is 2.23. The number of carbonyl (C=O) groups excluding carboxylic acids is 1. The molecule has 1 saturated heterocycles. The molecule has 1 fully saturated rings. The highest BCUT2D eigenvalue weighted by molar-refractivity contribution is 6.07. The number of nitrogens with zero attached hydrogens (tertiary/aromatic N) is 3. The first kappa shape index (κ1) is 20.1. The van der Waals surface area contributed by atoms with Crippen molar-refractivity contribution in [3.8, 4) is 0 Å². The van der Waals surface area contributed by atoms with Gasteiger partial charge in [0.15, 0.2) is 0 Å². The fraction of sp³-hybridized carbons (Fsp3) is 0.348. The van der Waals surface area contributed by atoms with Crippen LogP contribution in [0.1, 0.15) is 28.8 Å². The minimum Gasteiger partial charge on any atom is -0.378 e. The first-order chi connectivity index (χ1) is 14.6. The van der Waals surface area contributed by atoms with Gasteiger partial charge in [-0.3, -0.25) is 14.9 Å². The summed E-state index contributed by atoms with van der Waals surface area (Å²) in [5.41, 5.74) is 2.68. The maximum Gasteiger partial charge on any atom is 0.271 e. The monoisotopic (exact) mass is 407 g/mol. The van der Waals surface area contributed by atoms with Gasteiger partial charge in [-0.25, -0.2) is 0 Å². The number of rotatable bonds is 7. The zero-order valence-corrected chi connectivity index (χ0v) is 16.8. The quantitative estimate of drug-likeness (QED) is 0.336. The molecule has 2 aromatic carbocycles. The van der Waals surface area contributed by atoms with E-state index in [4.69, 9.17) is 4.74 Å². The Morgan fingerprint density at radius 3 is 2.57 bits per heavy atom. The van der Waals surface area contributed by atoms with Crippen molar-refractivity contribution in [3.05, 3.63) is 76.0 Å². The van der Waals surface area contributed by atoms with E-state index in [0.29, 0.717) is 38.4 Å². The number of aromatic nitrogens is 1. The summed E-state index contributed by atoms with van der Waals surface area (Å²) in [6, 6.07) is 15.1. The Bertz CT molecular complexity index is 1040. The van der Waals surface area contributed by atoms with E-state index >= 15 is 0 Å². The Morgan fingerprint density at radius 1 is 1.07 bits per heavy atom. The normalized spacial score (nSPS) is 14.2. The van der Waals surface area contributed by atoms with E-state index in [0.717, 1.165) is 30.2 Å². The van der Waals surface area contributed by atoms with Crippen LogP contribution in [-0.2, 0) is 17.7 Å². The summed E-state index contributed by atoms with van der Waals surface area (Å²) in [5.74, 6) is -0.0415. The van der Waals surface area contributed by atoms with Crippen LogP contribution in [0.3, 0.4) is 0 Å². The number of benzene rings is 2. The second-order valence-corrected chi connectivity index (χ2v) is 7.54. The number of hydrogen-bond acceptors (Lipinski definition) is 4. The fourth-order valence-electron chi connectivity index (χ4n) is 3.94. The molecule has 156 valence electrons. The maximum absolute atomic E-state index is 13.1. The summed E-state index contributed by atoms with van der Waals surface area (Å²) in [4.78, 5) is 25.8. The molecule has 0 N–H and O–H groups in total. The molecule has 7 nitrogen and oxygen atoms in total. The number of amides is 1. The van der Waals surface area contributed by atoms with Crippen molar-refractivity contribution >= 4 is 22.5 Å². The zero-order chi connectivity index (χ0) is 20.9. The van der Waals surface area contributed by atoms with Gasteiger partial charge in [-0.15, -0.1) is 0 Å². The van der Waals surface area contributed by atoms with E-state index in [1.807, 2.05) is 29.0 Å². The molecule has 3 aromatic rings. The van der Waals surface area contributed by atoms with E-state index in [9.17, 15) is 14.9 Å². The predicted octanol–water partition coefficient (Wildman–Crippen LogP) is 4.04. The molecule has 0 radical (unpaired) electrons. The minimum absolute atomic E-state index is 0.0384. The van der Waals surface area contributed by atoms with Crippen molar-refractivity contribution in [2.45, 2.75) is 25.8 Å². The van der Waals surface area contributed by atoms with Gasteiger partial charge in [-0.05, 0) is 30.9 Å². The second kappa shape index (κ2) is 9.09. The number of fused-ring (bicyclic) bond motifs is 1. The fourth-order valence-corrected chi connectivity index (χ4v) is 3.94. The Kier molecular flexibility index (Phi) is 6.09. The van der Waals surface area contributed by atoms with Gasteiger partial charge >= 0.3 is 0 Å². The molecule has 0 saturated carbocycles. The summed E-state index contributed by atoms with van der Waals surface area (Å²) in [7, 11) is 0. The predicted molar refractivity (Wildman–Crippen MR) is 115 cm³/mol. The van der Waals surface area contributed by atoms with Crippen LogP contribution >= 0.6 is 0 Å². The lowest BCUT2D eigenvalue weighted by Crippen LogP contribution is -2.40. The lowest BCUT2D eigenvalue weighted by atomic mass is 10.1. The summed E-state index contributed by atoms with van der Waals surface area (Å²) < 4.78 is 7.34. The molecule has 1 amide bonds. The van der Waals surface area contributed by atoms with Gasteiger partial charge < -0.3 is 14.2 Å². The largest absolute Gasteiger partial charge is 0.378 e. The number of carbonyl (C=O) groups is 1. The highest BCUT2D eigenvalue weighted by atomic mass is 16.6. The third kappa shape index (κ3) is 4.36. The van der Waals surface area contributed by atoms with E-state index in [2.05, 4.69) is 12.1 Å². The van der Waals surface area contributed by atoms with E-state index < -0.39 is 4.92 Å². The second-order valence-electron chi connectivity index (χ2n) is 7.54. The molecular formula is C23H25N3O4. The smallest absolute Gasteiger partial charge is 0.271 e. The molecule has 1 aromatic heterocycles. The zero-order valence-electron chi connectivity index (χ0n) is 16.8. The van der Waals surface area contributed by atoms with Gasteiger partial charge in [0.1, 0.15) is 0 Å². The average Bonchev–Trinajstić information content (AvgIpc) is 3.15. The standard InChI is InChI=1S/C23H25N3O4/c27-23(24-12-14-30-15-13-24)21-17-25(11-5-4-8-18-6-2-1-3-7-18)22-16-19(26(28)29)9-10-20(21)22/h1-3,6-7,9-10,16-17H,4-5,8,11-15H2. The molecule has 1 aliphatic rings. The Balaban J connectivity index is 1.56. The Labute approximate surface area is 175 Å². The summed E-state index contributed by atoms with van der Waals surface area (Å²) in [6.45, 7) is 2.91. The van der Waals surface area contributed by atoms with Crippen LogP contribution in [0.15, 0.2) is 54.7 Å². The molecule has 0 bridgehead atoms. The van der Waals surface area contributed by atoms with Gasteiger partial charge in [-0.1, -0.05) is 30.3 Å². The van der Waals surface area contributed by atoms with Crippen LogP contribution in [-0.4, -0.2) is 46.6 Å². The van der Waals surface area contributed by atoms with Gasteiger partial charge in [0.25, 0.3) is 11.6 Å². The highest BCUT2D eigenvalue weighted by Crippen LogP contribution is 2.27. The number of ether oxygens (including phenoxy) is 1. The minimum atomic E-state index is -0.393. The SMILES string of the molecule is O=C(c1cn(CCCCc2ccccc2)c2cc([N+](=O)[O-])ccc12)N1CCOCC1. The van der Waals surface area contributed by atoms with Crippen LogP contribution in [0.2, 0.25) is 0 Å². The van der Waals surface area contributed by atoms with Crippen LogP contribution < -0.4 is 0 Å². The number of hydrogen-bond donors (Lipinski definition) is 0. The van der Waals surface area contributed by atoms with Gasteiger partial charge in [0.2, 0.25) is 0 Å². The van der Waals surface area contributed by atoms with Crippen molar-refractivity contribution < 1.29 is 14.5 Å². The first-order valence-corrected chi connectivity index (χ1v) is 10.3. The van der Waals surface area contributed by atoms with Crippen LogP contribution in [0.5, 0.6) is 0 Å². The number of unbranched alkanes of at least 4 members (excludes halogenated alkanes) is 1. The number of nitro groups is 1. The van der Waals surface area contributed by atoms with Crippen molar-refractivity contribution in [1.82, 2.24) is 9.47 Å². The van der Waals surface area contributed by atoms with Crippen molar-refractivity contribution in [1.29, 1.82) is 0 Å². The van der Waals surface area contributed by atoms with Crippen LogP contribution in [0.4, 0.5) is 5.69 Å². The molecule has 7 heteroatoms. The Hall–Kier alpha value is -3.19. The molecule has 0 unspecified atom stereocenters. The van der Waals surface area contributed by atoms with Crippen molar-refractivity contribution in [2.75, 3.05) is 26.3 Å². The number of non-ortho nitro benzene ring substituents is 1. The summed E-state index contributed by atoms with van der Waals surface area (Å²) in [5, 5.41) is 12.0.